The lowest BCUT2D eigenvalue weighted by molar-refractivity contribution is 0.101. The highest BCUT2D eigenvalue weighted by molar-refractivity contribution is 4.83. The Hall–Kier alpha value is -0.120. The van der Waals surface area contributed by atoms with Crippen LogP contribution in [0.3, 0.4) is 0 Å². The van der Waals surface area contributed by atoms with Crippen molar-refractivity contribution in [2.24, 2.45) is 11.5 Å². The first kappa shape index (κ1) is 6.99. The fourth-order valence-electron chi connectivity index (χ4n) is 1.22. The first-order valence-electron chi connectivity index (χ1n) is 3.39. The Balaban J connectivity index is 2.35. The maximum atomic E-state index is 9.11. The van der Waals surface area contributed by atoms with Gasteiger partial charge in [-0.1, -0.05) is 0 Å². The summed E-state index contributed by atoms with van der Waals surface area (Å²) in [6, 6.07) is 0.122. The molecule has 0 unspecified atom stereocenters. The Labute approximate surface area is 55.0 Å². The highest BCUT2D eigenvalue weighted by atomic mass is 16.3. The van der Waals surface area contributed by atoms with Crippen LogP contribution in [0, 0.1) is 0 Å². The number of hydrogen-bond acceptors (Lipinski definition) is 3. The van der Waals surface area contributed by atoms with E-state index in [1.165, 1.54) is 0 Å². The normalized spacial score (nSPS) is 45.0. The first-order valence-corrected chi connectivity index (χ1v) is 3.39. The van der Waals surface area contributed by atoms with Gasteiger partial charge in [0.15, 0.2) is 0 Å². The first-order chi connectivity index (χ1) is 4.20. The molecule has 1 rings (SSSR count). The van der Waals surface area contributed by atoms with Crippen LogP contribution in [-0.4, -0.2) is 23.3 Å². The standard InChI is InChI=1S/C6H14N2O/c7-4-1-2-6(9)5(8)3-4/h4-6,9H,1-3,7-8H2/t4-,5+,6+/m0/s1. The molecule has 0 aliphatic heterocycles. The number of rotatable bonds is 0. The average Bonchev–Trinajstić information content (AvgIpc) is 1.80. The molecule has 3 nitrogen and oxygen atoms in total. The quantitative estimate of drug-likeness (QED) is 0.401. The molecule has 0 aromatic carbocycles. The van der Waals surface area contributed by atoms with E-state index in [0.29, 0.717) is 0 Å². The van der Waals surface area contributed by atoms with E-state index in [0.717, 1.165) is 19.3 Å². The van der Waals surface area contributed by atoms with Gasteiger partial charge in [-0.2, -0.15) is 0 Å². The van der Waals surface area contributed by atoms with Crippen LogP contribution in [-0.2, 0) is 0 Å². The molecule has 0 radical (unpaired) electrons. The molecule has 1 fully saturated rings. The van der Waals surface area contributed by atoms with Crippen LogP contribution in [0.15, 0.2) is 0 Å². The summed E-state index contributed by atoms with van der Waals surface area (Å²) in [6.45, 7) is 0. The predicted octanol–water partition coefficient (Wildman–Crippen LogP) is -0.814. The molecule has 54 valence electrons. The summed E-state index contributed by atoms with van der Waals surface area (Å²) >= 11 is 0. The van der Waals surface area contributed by atoms with Gasteiger partial charge in [-0.05, 0) is 19.3 Å². The van der Waals surface area contributed by atoms with Crippen molar-refractivity contribution in [2.75, 3.05) is 0 Å². The molecule has 9 heavy (non-hydrogen) atoms. The molecule has 0 aromatic rings. The second kappa shape index (κ2) is 2.64. The minimum Gasteiger partial charge on any atom is -0.392 e. The van der Waals surface area contributed by atoms with Crippen molar-refractivity contribution >= 4 is 0 Å². The summed E-state index contributed by atoms with van der Waals surface area (Å²) < 4.78 is 0. The van der Waals surface area contributed by atoms with Crippen molar-refractivity contribution in [3.63, 3.8) is 0 Å². The molecule has 5 N–H and O–H groups in total. The van der Waals surface area contributed by atoms with Crippen molar-refractivity contribution in [1.29, 1.82) is 0 Å². The zero-order chi connectivity index (χ0) is 6.85. The van der Waals surface area contributed by atoms with Gasteiger partial charge in [0.05, 0.1) is 6.10 Å². The molecule has 1 saturated carbocycles. The average molecular weight is 130 g/mol. The summed E-state index contributed by atoms with van der Waals surface area (Å²) in [5, 5.41) is 9.11. The summed E-state index contributed by atoms with van der Waals surface area (Å²) in [7, 11) is 0. The van der Waals surface area contributed by atoms with Crippen LogP contribution in [0.25, 0.3) is 0 Å². The van der Waals surface area contributed by atoms with Crippen LogP contribution < -0.4 is 11.5 Å². The second-order valence-corrected chi connectivity index (χ2v) is 2.80. The number of hydrogen-bond donors (Lipinski definition) is 3. The fourth-order valence-corrected chi connectivity index (χ4v) is 1.22. The Morgan fingerprint density at radius 3 is 2.33 bits per heavy atom. The van der Waals surface area contributed by atoms with Gasteiger partial charge < -0.3 is 16.6 Å². The molecule has 0 amide bonds. The van der Waals surface area contributed by atoms with Gasteiger partial charge in [0.1, 0.15) is 0 Å². The fraction of sp³-hybridized carbons (Fsp3) is 1.00. The lowest BCUT2D eigenvalue weighted by Crippen LogP contribution is -2.44. The summed E-state index contributed by atoms with van der Waals surface area (Å²) in [5.74, 6) is 0. The Morgan fingerprint density at radius 1 is 1.22 bits per heavy atom. The summed E-state index contributed by atoms with van der Waals surface area (Å²) in [4.78, 5) is 0. The molecule has 0 spiro atoms. The zero-order valence-electron chi connectivity index (χ0n) is 5.46. The Bertz CT molecular complexity index is 97.1. The molecule has 0 heterocycles. The minimum atomic E-state index is -0.315. The summed E-state index contributed by atoms with van der Waals surface area (Å²) in [5.41, 5.74) is 11.1. The number of aliphatic hydroxyl groups is 1. The predicted molar refractivity (Wildman–Crippen MR) is 35.8 cm³/mol. The van der Waals surface area contributed by atoms with Crippen molar-refractivity contribution in [3.8, 4) is 0 Å². The molecule has 3 heteroatoms. The largest absolute Gasteiger partial charge is 0.392 e. The topological polar surface area (TPSA) is 72.3 Å². The van der Waals surface area contributed by atoms with Crippen LogP contribution in [0.2, 0.25) is 0 Å². The lowest BCUT2D eigenvalue weighted by Gasteiger charge is -2.28. The van der Waals surface area contributed by atoms with Crippen LogP contribution in [0.5, 0.6) is 0 Å². The summed E-state index contributed by atoms with van der Waals surface area (Å²) in [6.07, 6.45) is 2.13. The molecule has 0 saturated heterocycles. The zero-order valence-corrected chi connectivity index (χ0v) is 5.46. The van der Waals surface area contributed by atoms with Crippen molar-refractivity contribution < 1.29 is 5.11 Å². The maximum absolute atomic E-state index is 9.11. The molecule has 0 aromatic heterocycles. The van der Waals surface area contributed by atoms with Gasteiger partial charge in [0.25, 0.3) is 0 Å². The van der Waals surface area contributed by atoms with Gasteiger partial charge in [0, 0.05) is 12.1 Å². The van der Waals surface area contributed by atoms with Gasteiger partial charge in [-0.25, -0.2) is 0 Å². The molecule has 1 aliphatic rings. The third-order valence-electron chi connectivity index (χ3n) is 1.90. The number of nitrogens with two attached hydrogens (primary N) is 2. The molecule has 1 aliphatic carbocycles. The molecule has 3 atom stereocenters. The van der Waals surface area contributed by atoms with Crippen LogP contribution in [0.1, 0.15) is 19.3 Å². The highest BCUT2D eigenvalue weighted by Crippen LogP contribution is 2.15. The second-order valence-electron chi connectivity index (χ2n) is 2.80. The van der Waals surface area contributed by atoms with E-state index in [-0.39, 0.29) is 18.2 Å². The van der Waals surface area contributed by atoms with E-state index >= 15 is 0 Å². The third kappa shape index (κ3) is 1.64. The van der Waals surface area contributed by atoms with Crippen molar-refractivity contribution in [1.82, 2.24) is 0 Å². The molecular weight excluding hydrogens is 116 g/mol. The molecular formula is C6H14N2O. The monoisotopic (exact) mass is 130 g/mol. The van der Waals surface area contributed by atoms with E-state index in [4.69, 9.17) is 16.6 Å². The Kier molecular flexibility index (Phi) is 2.05. The van der Waals surface area contributed by atoms with Gasteiger partial charge in [-0.3, -0.25) is 0 Å². The van der Waals surface area contributed by atoms with E-state index in [1.54, 1.807) is 0 Å². The number of aliphatic hydroxyl groups excluding tert-OH is 1. The van der Waals surface area contributed by atoms with Crippen molar-refractivity contribution in [2.45, 2.75) is 37.5 Å². The smallest absolute Gasteiger partial charge is 0.0692 e. The van der Waals surface area contributed by atoms with E-state index < -0.39 is 0 Å². The lowest BCUT2D eigenvalue weighted by atomic mass is 9.90. The van der Waals surface area contributed by atoms with Crippen LogP contribution >= 0.6 is 0 Å². The third-order valence-corrected chi connectivity index (χ3v) is 1.90. The van der Waals surface area contributed by atoms with E-state index in [1.807, 2.05) is 0 Å². The van der Waals surface area contributed by atoms with E-state index in [9.17, 15) is 0 Å². The van der Waals surface area contributed by atoms with E-state index in [2.05, 4.69) is 0 Å². The van der Waals surface area contributed by atoms with Gasteiger partial charge >= 0.3 is 0 Å². The maximum Gasteiger partial charge on any atom is 0.0692 e. The van der Waals surface area contributed by atoms with Gasteiger partial charge in [-0.15, -0.1) is 0 Å². The Morgan fingerprint density at radius 2 is 1.89 bits per heavy atom. The highest BCUT2D eigenvalue weighted by Gasteiger charge is 2.23. The minimum absolute atomic E-state index is 0.0891. The van der Waals surface area contributed by atoms with Crippen molar-refractivity contribution in [3.05, 3.63) is 0 Å². The van der Waals surface area contributed by atoms with Gasteiger partial charge in [0.2, 0.25) is 0 Å². The molecule has 0 bridgehead atoms. The van der Waals surface area contributed by atoms with Crippen LogP contribution in [0.4, 0.5) is 0 Å². The SMILES string of the molecule is N[C@H]1CC[C@@H](O)[C@H](N)C1.